The van der Waals surface area contributed by atoms with Gasteiger partial charge in [-0.05, 0) is 37.5 Å². The van der Waals surface area contributed by atoms with Crippen LogP contribution in [0.25, 0.3) is 22.2 Å². The molecular formula is C24H20FN5O4. The van der Waals surface area contributed by atoms with Gasteiger partial charge in [-0.15, -0.1) is 0 Å². The minimum absolute atomic E-state index is 0.106. The standard InChI is InChI=1S/C24H20FN5O4/c1-13-9-18(25)21(30(32)33)10-19(13)27-24-26-11-16(23(31)34-2)22(28-24)17-12-29(14-7-8-14)20-6-4-3-5-15(17)20/h3-6,9-12,14H,7-8H2,1-2H3,(H,26,27,28). The lowest BCUT2D eigenvalue weighted by atomic mass is 10.1. The van der Waals surface area contributed by atoms with E-state index < -0.39 is 22.4 Å². The molecule has 0 spiro atoms. The molecule has 34 heavy (non-hydrogen) atoms. The Kier molecular flexibility index (Phi) is 5.20. The van der Waals surface area contributed by atoms with Gasteiger partial charge >= 0.3 is 11.7 Å². The Balaban J connectivity index is 1.64. The van der Waals surface area contributed by atoms with Crippen LogP contribution in [-0.4, -0.2) is 32.5 Å². The molecule has 0 unspecified atom stereocenters. The molecule has 0 radical (unpaired) electrons. The first kappa shape index (κ1) is 21.5. The van der Waals surface area contributed by atoms with E-state index >= 15 is 0 Å². The molecule has 172 valence electrons. The zero-order chi connectivity index (χ0) is 24.0. The highest BCUT2D eigenvalue weighted by Gasteiger charge is 2.28. The number of carbonyl (C=O) groups is 1. The molecule has 1 saturated carbocycles. The van der Waals surface area contributed by atoms with Gasteiger partial charge in [0.2, 0.25) is 11.8 Å². The predicted molar refractivity (Wildman–Crippen MR) is 124 cm³/mol. The molecule has 9 nitrogen and oxygen atoms in total. The van der Waals surface area contributed by atoms with E-state index in [1.165, 1.54) is 13.3 Å². The Morgan fingerprint density at radius 1 is 1.29 bits per heavy atom. The lowest BCUT2D eigenvalue weighted by molar-refractivity contribution is -0.387. The van der Waals surface area contributed by atoms with Crippen LogP contribution in [0.15, 0.2) is 48.8 Å². The number of aryl methyl sites for hydroxylation is 1. The summed E-state index contributed by atoms with van der Waals surface area (Å²) < 4.78 is 21.1. The number of nitrogens with one attached hydrogen (secondary N) is 1. The fourth-order valence-electron chi connectivity index (χ4n) is 4.01. The van der Waals surface area contributed by atoms with E-state index in [2.05, 4.69) is 19.9 Å². The van der Waals surface area contributed by atoms with Gasteiger partial charge in [0.25, 0.3) is 0 Å². The second-order valence-corrected chi connectivity index (χ2v) is 8.15. The number of nitrogens with zero attached hydrogens (tertiary/aromatic N) is 4. The summed E-state index contributed by atoms with van der Waals surface area (Å²) >= 11 is 0. The molecule has 0 amide bonds. The Hall–Kier alpha value is -4.34. The number of nitro benzene ring substituents is 1. The molecule has 1 aliphatic carbocycles. The molecular weight excluding hydrogens is 441 g/mol. The van der Waals surface area contributed by atoms with E-state index in [0.717, 1.165) is 41.4 Å². The van der Waals surface area contributed by atoms with Gasteiger partial charge < -0.3 is 14.6 Å². The molecule has 0 saturated heterocycles. The maximum absolute atomic E-state index is 14.0. The maximum Gasteiger partial charge on any atom is 0.341 e. The van der Waals surface area contributed by atoms with Gasteiger partial charge in [0.05, 0.1) is 23.4 Å². The Bertz CT molecular complexity index is 1460. The smallest absolute Gasteiger partial charge is 0.341 e. The summed E-state index contributed by atoms with van der Waals surface area (Å²) in [6, 6.07) is 10.4. The average molecular weight is 461 g/mol. The monoisotopic (exact) mass is 461 g/mol. The van der Waals surface area contributed by atoms with Gasteiger partial charge in [0.1, 0.15) is 5.56 Å². The minimum Gasteiger partial charge on any atom is -0.465 e. The van der Waals surface area contributed by atoms with Gasteiger partial charge in [-0.25, -0.2) is 14.8 Å². The Labute approximate surface area is 193 Å². The van der Waals surface area contributed by atoms with Crippen LogP contribution in [-0.2, 0) is 4.74 Å². The number of hydrogen-bond donors (Lipinski definition) is 1. The summed E-state index contributed by atoms with van der Waals surface area (Å²) in [7, 11) is 1.28. The van der Waals surface area contributed by atoms with Crippen molar-refractivity contribution in [2.45, 2.75) is 25.8 Å². The van der Waals surface area contributed by atoms with Crippen LogP contribution in [0.2, 0.25) is 0 Å². The van der Waals surface area contributed by atoms with Crippen molar-refractivity contribution in [1.29, 1.82) is 0 Å². The number of esters is 1. The SMILES string of the molecule is COC(=O)c1cnc(Nc2cc([N+](=O)[O-])c(F)cc2C)nc1-c1cn(C2CC2)c2ccccc12. The lowest BCUT2D eigenvalue weighted by Gasteiger charge is -2.12. The van der Waals surface area contributed by atoms with E-state index in [4.69, 9.17) is 4.74 Å². The molecule has 4 aromatic rings. The first-order valence-electron chi connectivity index (χ1n) is 10.6. The van der Waals surface area contributed by atoms with E-state index in [0.29, 0.717) is 17.3 Å². The van der Waals surface area contributed by atoms with E-state index in [-0.39, 0.29) is 17.2 Å². The van der Waals surface area contributed by atoms with Crippen molar-refractivity contribution in [2.24, 2.45) is 0 Å². The highest BCUT2D eigenvalue weighted by atomic mass is 19.1. The van der Waals surface area contributed by atoms with E-state index in [1.54, 1.807) is 6.92 Å². The van der Waals surface area contributed by atoms with Crippen LogP contribution < -0.4 is 5.32 Å². The van der Waals surface area contributed by atoms with Crippen molar-refractivity contribution < 1.29 is 18.8 Å². The number of carbonyl (C=O) groups excluding carboxylic acids is 1. The zero-order valence-electron chi connectivity index (χ0n) is 18.4. The van der Waals surface area contributed by atoms with Crippen molar-refractivity contribution >= 4 is 34.2 Å². The van der Waals surface area contributed by atoms with Crippen molar-refractivity contribution in [3.8, 4) is 11.3 Å². The number of aromatic nitrogens is 3. The molecule has 0 bridgehead atoms. The Morgan fingerprint density at radius 2 is 2.06 bits per heavy atom. The number of fused-ring (bicyclic) bond motifs is 1. The number of benzene rings is 2. The average Bonchev–Trinajstić information content (AvgIpc) is 3.60. The topological polar surface area (TPSA) is 112 Å². The normalized spacial score (nSPS) is 13.1. The molecule has 1 N–H and O–H groups in total. The highest BCUT2D eigenvalue weighted by molar-refractivity contribution is 6.03. The summed E-state index contributed by atoms with van der Waals surface area (Å²) in [5.74, 6) is -1.41. The number of rotatable bonds is 6. The van der Waals surface area contributed by atoms with Crippen LogP contribution in [0.3, 0.4) is 0 Å². The molecule has 2 aromatic carbocycles. The summed E-state index contributed by atoms with van der Waals surface area (Å²) in [6.07, 6.45) is 5.50. The number of halogens is 1. The molecule has 5 rings (SSSR count). The van der Waals surface area contributed by atoms with Gasteiger partial charge in [-0.3, -0.25) is 10.1 Å². The van der Waals surface area contributed by atoms with E-state index in [1.807, 2.05) is 30.5 Å². The van der Waals surface area contributed by atoms with Gasteiger partial charge in [-0.1, -0.05) is 18.2 Å². The molecule has 1 fully saturated rings. The fourth-order valence-corrected chi connectivity index (χ4v) is 4.01. The van der Waals surface area contributed by atoms with Gasteiger partial charge in [-0.2, -0.15) is 4.39 Å². The van der Waals surface area contributed by atoms with Crippen LogP contribution in [0.4, 0.5) is 21.7 Å². The van der Waals surface area contributed by atoms with Crippen LogP contribution in [0.1, 0.15) is 34.8 Å². The van der Waals surface area contributed by atoms with Crippen molar-refractivity contribution in [3.05, 3.63) is 75.9 Å². The number of anilines is 2. The molecule has 0 aliphatic heterocycles. The summed E-state index contributed by atoms with van der Waals surface area (Å²) in [5, 5.41) is 15.0. The third-order valence-electron chi connectivity index (χ3n) is 5.87. The molecule has 10 heteroatoms. The van der Waals surface area contributed by atoms with Crippen molar-refractivity contribution in [3.63, 3.8) is 0 Å². The molecule has 2 heterocycles. The lowest BCUT2D eigenvalue weighted by Crippen LogP contribution is -2.09. The number of hydrogen-bond acceptors (Lipinski definition) is 7. The van der Waals surface area contributed by atoms with Crippen molar-refractivity contribution in [2.75, 3.05) is 12.4 Å². The Morgan fingerprint density at radius 3 is 2.76 bits per heavy atom. The second kappa shape index (κ2) is 8.22. The zero-order valence-corrected chi connectivity index (χ0v) is 18.4. The number of methoxy groups -OCH3 is 1. The quantitative estimate of drug-likeness (QED) is 0.235. The first-order valence-corrected chi connectivity index (χ1v) is 10.6. The van der Waals surface area contributed by atoms with Gasteiger partial charge in [0, 0.05) is 41.0 Å². The van der Waals surface area contributed by atoms with Crippen molar-refractivity contribution in [1.82, 2.24) is 14.5 Å². The summed E-state index contributed by atoms with van der Waals surface area (Å²) in [4.78, 5) is 31.7. The maximum atomic E-state index is 14.0. The third kappa shape index (κ3) is 3.72. The first-order chi connectivity index (χ1) is 16.4. The summed E-state index contributed by atoms with van der Waals surface area (Å²) in [5.41, 5.74) is 2.40. The highest BCUT2D eigenvalue weighted by Crippen LogP contribution is 2.41. The third-order valence-corrected chi connectivity index (χ3v) is 5.87. The van der Waals surface area contributed by atoms with Crippen LogP contribution >= 0.6 is 0 Å². The number of para-hydroxylation sites is 1. The number of nitro groups is 1. The summed E-state index contributed by atoms with van der Waals surface area (Å²) in [6.45, 7) is 1.61. The second-order valence-electron chi connectivity index (χ2n) is 8.15. The largest absolute Gasteiger partial charge is 0.465 e. The molecule has 1 aliphatic rings. The van der Waals surface area contributed by atoms with Gasteiger partial charge in [0.15, 0.2) is 0 Å². The van der Waals surface area contributed by atoms with Crippen LogP contribution in [0, 0.1) is 22.9 Å². The number of ether oxygens (including phenoxy) is 1. The molecule has 0 atom stereocenters. The predicted octanol–water partition coefficient (Wildman–Crippen LogP) is 5.32. The minimum atomic E-state index is -0.927. The van der Waals surface area contributed by atoms with E-state index in [9.17, 15) is 19.3 Å². The van der Waals surface area contributed by atoms with Crippen LogP contribution in [0.5, 0.6) is 0 Å². The fraction of sp³-hybridized carbons (Fsp3) is 0.208. The molecule has 2 aromatic heterocycles.